The van der Waals surface area contributed by atoms with E-state index in [0.29, 0.717) is 0 Å². The normalized spacial score (nSPS) is 25.1. The second kappa shape index (κ2) is 5.53. The summed E-state index contributed by atoms with van der Waals surface area (Å²) in [5.41, 5.74) is 2.61. The molecule has 0 aliphatic carbocycles. The molecular weight excluding hydrogens is 284 g/mol. The van der Waals surface area contributed by atoms with Crippen molar-refractivity contribution in [1.29, 1.82) is 0 Å². The zero-order valence-corrected chi connectivity index (χ0v) is 14.8. The second-order valence-corrected chi connectivity index (χ2v) is 11.3. The molecule has 2 aromatic carbocycles. The molecule has 22 heavy (non-hydrogen) atoms. The average Bonchev–Trinajstić information content (AvgIpc) is 2.86. The predicted molar refractivity (Wildman–Crippen MR) is 96.0 cm³/mol. The summed E-state index contributed by atoms with van der Waals surface area (Å²) in [5.74, 6) is 0. The highest BCUT2D eigenvalue weighted by atomic mass is 28.3. The average molecular weight is 308 g/mol. The minimum Gasteiger partial charge on any atom is -0.362 e. The Morgan fingerprint density at radius 1 is 0.909 bits per heavy atom. The molecule has 0 bridgehead atoms. The molecular formula is C20H24OSi. The van der Waals surface area contributed by atoms with Crippen LogP contribution >= 0.6 is 0 Å². The van der Waals surface area contributed by atoms with Gasteiger partial charge in [0.1, 0.15) is 13.3 Å². The van der Waals surface area contributed by atoms with E-state index in [1.54, 1.807) is 0 Å². The van der Waals surface area contributed by atoms with Crippen molar-refractivity contribution in [1.82, 2.24) is 0 Å². The minimum absolute atomic E-state index is 0.177. The molecule has 2 atom stereocenters. The summed E-state index contributed by atoms with van der Waals surface area (Å²) < 4.78 is 6.64. The lowest BCUT2D eigenvalue weighted by Gasteiger charge is -2.42. The van der Waals surface area contributed by atoms with Crippen LogP contribution < -0.4 is 5.19 Å². The molecule has 114 valence electrons. The zero-order chi connectivity index (χ0) is 15.8. The summed E-state index contributed by atoms with van der Waals surface area (Å²) in [5, 5.41) is 1.14. The van der Waals surface area contributed by atoms with Crippen molar-refractivity contribution in [2.45, 2.75) is 38.3 Å². The van der Waals surface area contributed by atoms with Gasteiger partial charge in [-0.25, -0.2) is 0 Å². The molecule has 0 saturated carbocycles. The Kier molecular flexibility index (Phi) is 3.83. The number of hydrogen-bond donors (Lipinski definition) is 0. The van der Waals surface area contributed by atoms with Gasteiger partial charge in [-0.1, -0.05) is 78.9 Å². The maximum absolute atomic E-state index is 6.64. The van der Waals surface area contributed by atoms with E-state index < -0.39 is 8.07 Å². The van der Waals surface area contributed by atoms with E-state index in [4.69, 9.17) is 4.74 Å². The van der Waals surface area contributed by atoms with Crippen molar-refractivity contribution in [3.8, 4) is 0 Å². The van der Waals surface area contributed by atoms with Crippen LogP contribution in [0.2, 0.25) is 13.1 Å². The first-order valence-electron chi connectivity index (χ1n) is 7.95. The zero-order valence-electron chi connectivity index (χ0n) is 13.8. The lowest BCUT2D eigenvalue weighted by atomic mass is 10.1. The highest BCUT2D eigenvalue weighted by Gasteiger charge is 2.52. The predicted octanol–water partition coefficient (Wildman–Crippen LogP) is 4.40. The van der Waals surface area contributed by atoms with Gasteiger partial charge in [0.05, 0.1) is 6.10 Å². The lowest BCUT2D eigenvalue weighted by Crippen LogP contribution is -2.59. The quantitative estimate of drug-likeness (QED) is 0.603. The van der Waals surface area contributed by atoms with Gasteiger partial charge in [0.15, 0.2) is 0 Å². The van der Waals surface area contributed by atoms with Crippen molar-refractivity contribution in [3.05, 3.63) is 77.9 Å². The van der Waals surface area contributed by atoms with Crippen LogP contribution in [-0.2, 0) is 9.96 Å². The molecule has 2 aromatic rings. The third-order valence-corrected chi connectivity index (χ3v) is 9.25. The van der Waals surface area contributed by atoms with E-state index in [0.717, 1.165) is 0 Å². The van der Waals surface area contributed by atoms with Crippen LogP contribution in [0, 0.1) is 0 Å². The molecule has 1 heterocycles. The van der Waals surface area contributed by atoms with Gasteiger partial charge in [0, 0.05) is 0 Å². The van der Waals surface area contributed by atoms with E-state index >= 15 is 0 Å². The Labute approximate surface area is 134 Å². The van der Waals surface area contributed by atoms with Gasteiger partial charge in [-0.3, -0.25) is 0 Å². The standard InChI is InChI=1S/C20H24OSi/c1-16-15-20(21-17(16)2,18-11-7-5-8-12-18)22(3,4)19-13-9-6-10-14-19/h5-15,17H,1-4H3. The van der Waals surface area contributed by atoms with Gasteiger partial charge in [-0.2, -0.15) is 0 Å². The van der Waals surface area contributed by atoms with Crippen molar-refractivity contribution < 1.29 is 4.74 Å². The molecule has 2 unspecified atom stereocenters. The molecule has 1 nitrogen and oxygen atoms in total. The molecule has 1 aliphatic rings. The molecule has 0 aromatic heterocycles. The van der Waals surface area contributed by atoms with Gasteiger partial charge < -0.3 is 4.74 Å². The molecule has 0 amide bonds. The van der Waals surface area contributed by atoms with Crippen molar-refractivity contribution in [2.75, 3.05) is 0 Å². The summed E-state index contributed by atoms with van der Waals surface area (Å²) in [6.45, 7) is 9.17. The smallest absolute Gasteiger partial charge is 0.127 e. The fraction of sp³-hybridized carbons (Fsp3) is 0.300. The first-order valence-corrected chi connectivity index (χ1v) is 11.0. The Balaban J connectivity index is 2.20. The Morgan fingerprint density at radius 2 is 1.45 bits per heavy atom. The number of rotatable bonds is 3. The van der Waals surface area contributed by atoms with Gasteiger partial charge in [-0.15, -0.1) is 0 Å². The Morgan fingerprint density at radius 3 is 1.95 bits per heavy atom. The number of hydrogen-bond acceptors (Lipinski definition) is 1. The van der Waals surface area contributed by atoms with Gasteiger partial charge in [-0.05, 0) is 31.1 Å². The van der Waals surface area contributed by atoms with E-state index in [1.165, 1.54) is 16.3 Å². The molecule has 2 heteroatoms. The molecule has 0 N–H and O–H groups in total. The summed E-state index contributed by atoms with van der Waals surface area (Å²) in [7, 11) is -1.92. The van der Waals surface area contributed by atoms with Gasteiger partial charge in [0.25, 0.3) is 0 Å². The Hall–Kier alpha value is -1.64. The molecule has 0 saturated heterocycles. The van der Waals surface area contributed by atoms with Gasteiger partial charge in [0.2, 0.25) is 0 Å². The first-order chi connectivity index (χ1) is 10.5. The fourth-order valence-corrected chi connectivity index (χ4v) is 6.84. The Bertz CT molecular complexity index is 675. The minimum atomic E-state index is -1.92. The number of benzene rings is 2. The van der Waals surface area contributed by atoms with E-state index in [2.05, 4.69) is 93.7 Å². The maximum atomic E-state index is 6.64. The topological polar surface area (TPSA) is 9.23 Å². The van der Waals surface area contributed by atoms with Crippen molar-refractivity contribution in [2.24, 2.45) is 0 Å². The van der Waals surface area contributed by atoms with Crippen molar-refractivity contribution >= 4 is 13.3 Å². The largest absolute Gasteiger partial charge is 0.362 e. The highest BCUT2D eigenvalue weighted by molar-refractivity contribution is 6.92. The summed E-state index contributed by atoms with van der Waals surface area (Å²) in [4.78, 5) is 0. The van der Waals surface area contributed by atoms with Crippen LogP contribution in [0.5, 0.6) is 0 Å². The monoisotopic (exact) mass is 308 g/mol. The number of ether oxygens (including phenoxy) is 1. The van der Waals surface area contributed by atoms with Crippen LogP contribution in [-0.4, -0.2) is 14.2 Å². The summed E-state index contributed by atoms with van der Waals surface area (Å²) in [6.07, 6.45) is 2.56. The molecule has 0 radical (unpaired) electrons. The third kappa shape index (κ3) is 2.27. The summed E-state index contributed by atoms with van der Waals surface area (Å²) in [6, 6.07) is 21.6. The van der Waals surface area contributed by atoms with Crippen LogP contribution in [0.25, 0.3) is 0 Å². The first kappa shape index (κ1) is 15.3. The van der Waals surface area contributed by atoms with E-state index in [9.17, 15) is 0 Å². The van der Waals surface area contributed by atoms with Crippen LogP contribution in [0.1, 0.15) is 19.4 Å². The fourth-order valence-electron chi connectivity index (χ4n) is 3.44. The van der Waals surface area contributed by atoms with Crippen molar-refractivity contribution in [3.63, 3.8) is 0 Å². The highest BCUT2D eigenvalue weighted by Crippen LogP contribution is 2.44. The van der Waals surface area contributed by atoms with Crippen LogP contribution in [0.3, 0.4) is 0 Å². The van der Waals surface area contributed by atoms with E-state index in [1.807, 2.05) is 0 Å². The molecule has 1 aliphatic heterocycles. The SMILES string of the molecule is CC1=CC(c2ccccc2)([Si](C)(C)c2ccccc2)OC1C. The molecule has 0 spiro atoms. The molecule has 3 rings (SSSR count). The van der Waals surface area contributed by atoms with E-state index in [-0.39, 0.29) is 11.3 Å². The van der Waals surface area contributed by atoms with Crippen LogP contribution in [0.4, 0.5) is 0 Å². The lowest BCUT2D eigenvalue weighted by molar-refractivity contribution is 0.0290. The molecule has 0 fully saturated rings. The maximum Gasteiger partial charge on any atom is 0.127 e. The van der Waals surface area contributed by atoms with Gasteiger partial charge >= 0.3 is 0 Å². The third-order valence-electron chi connectivity index (χ3n) is 5.06. The summed E-state index contributed by atoms with van der Waals surface area (Å²) >= 11 is 0. The second-order valence-electron chi connectivity index (χ2n) is 6.74. The van der Waals surface area contributed by atoms with Crippen LogP contribution in [0.15, 0.2) is 72.3 Å².